The number of hydrogen-bond acceptors (Lipinski definition) is 6. The Morgan fingerprint density at radius 2 is 1.61 bits per heavy atom. The second-order valence-corrected chi connectivity index (χ2v) is 12.5. The van der Waals surface area contributed by atoms with Crippen molar-refractivity contribution in [1.82, 2.24) is 9.80 Å². The molecule has 3 aliphatic rings. The summed E-state index contributed by atoms with van der Waals surface area (Å²) in [6.45, 7) is 16.3. The number of likely N-dealkylation sites (tertiary alicyclic amines) is 1. The molecule has 3 fully saturated rings. The summed E-state index contributed by atoms with van der Waals surface area (Å²) in [5.74, 6) is -2.38. The van der Waals surface area contributed by atoms with E-state index in [1.807, 2.05) is 61.5 Å². The third kappa shape index (κ3) is 5.53. The van der Waals surface area contributed by atoms with Crippen LogP contribution in [0.5, 0.6) is 0 Å². The van der Waals surface area contributed by atoms with Crippen LogP contribution in [0.4, 0.5) is 11.4 Å². The van der Waals surface area contributed by atoms with Crippen LogP contribution in [0, 0.1) is 11.8 Å². The summed E-state index contributed by atoms with van der Waals surface area (Å²) in [5, 5.41) is 10.1. The second kappa shape index (κ2) is 13.8. The molecule has 2 aromatic rings. The minimum absolute atomic E-state index is 0.0277. The SMILES string of the molecule is C=CCN(Cc1ccccc1)C(=O)[C@@H]1[C@H]2C(=O)N(CCO)C(C(=O)N(CC=C)c3ccc(N(CC)CC)cc3)C23CC[C@@]1(CC)O3. The molecule has 1 N–H and O–H groups in total. The number of rotatable bonds is 15. The fraction of sp³-hybridized carbons (Fsp3) is 0.486. The van der Waals surface area contributed by atoms with Crippen molar-refractivity contribution in [2.75, 3.05) is 49.1 Å². The molecule has 0 aliphatic carbocycles. The van der Waals surface area contributed by atoms with Crippen molar-refractivity contribution < 1.29 is 24.2 Å². The van der Waals surface area contributed by atoms with Gasteiger partial charge in [0.05, 0.1) is 24.0 Å². The molecule has 5 atom stereocenters. The van der Waals surface area contributed by atoms with E-state index in [9.17, 15) is 19.5 Å². The van der Waals surface area contributed by atoms with E-state index in [1.165, 1.54) is 4.90 Å². The highest BCUT2D eigenvalue weighted by molar-refractivity contribution is 6.05. The van der Waals surface area contributed by atoms with Gasteiger partial charge in [0.1, 0.15) is 11.6 Å². The standard InChI is InChI=1S/C37H48N4O5/c1-6-22-39(26-27-14-12-11-13-15-27)33(43)30-31-34(44)41(24-25-42)32(37(31)21-20-36(30,8-3)46-37)35(45)40(23-7-2)29-18-16-28(17-19-29)38(9-4)10-5/h6-7,11-19,30-32,42H,1-2,8-10,20-26H2,3-5H3/t30-,31-,32?,36+,37?/m0/s1. The molecule has 3 heterocycles. The molecule has 2 unspecified atom stereocenters. The third-order valence-electron chi connectivity index (χ3n) is 10.3. The normalized spacial score (nSPS) is 26.1. The molecule has 5 rings (SSSR count). The Bertz CT molecular complexity index is 1430. The number of benzene rings is 2. The number of anilines is 2. The van der Waals surface area contributed by atoms with Gasteiger partial charge in [-0.3, -0.25) is 14.4 Å². The summed E-state index contributed by atoms with van der Waals surface area (Å²) in [4.78, 5) is 50.9. The van der Waals surface area contributed by atoms with Crippen LogP contribution in [-0.4, -0.2) is 89.2 Å². The molecule has 3 saturated heterocycles. The first-order valence-electron chi connectivity index (χ1n) is 16.6. The lowest BCUT2D eigenvalue weighted by molar-refractivity contribution is -0.151. The van der Waals surface area contributed by atoms with Gasteiger partial charge in [0, 0.05) is 50.6 Å². The highest BCUT2D eigenvalue weighted by Crippen LogP contribution is 2.64. The van der Waals surface area contributed by atoms with Crippen LogP contribution in [0.25, 0.3) is 0 Å². The van der Waals surface area contributed by atoms with Crippen molar-refractivity contribution in [2.24, 2.45) is 11.8 Å². The Hall–Kier alpha value is -3.95. The Kier molecular flexibility index (Phi) is 10.0. The van der Waals surface area contributed by atoms with Crippen LogP contribution in [0.1, 0.15) is 45.6 Å². The number of hydrogen-bond donors (Lipinski definition) is 1. The molecule has 246 valence electrons. The zero-order chi connectivity index (χ0) is 33.1. The molecule has 3 amide bonds. The topological polar surface area (TPSA) is 93.6 Å². The van der Waals surface area contributed by atoms with Gasteiger partial charge in [0.25, 0.3) is 5.91 Å². The van der Waals surface area contributed by atoms with Crippen LogP contribution in [0.2, 0.25) is 0 Å². The van der Waals surface area contributed by atoms with Gasteiger partial charge < -0.3 is 29.4 Å². The average Bonchev–Trinajstić information content (AvgIpc) is 3.68. The van der Waals surface area contributed by atoms with Crippen molar-refractivity contribution >= 4 is 29.1 Å². The number of fused-ring (bicyclic) bond motifs is 1. The summed E-state index contributed by atoms with van der Waals surface area (Å²) in [5.41, 5.74) is 0.656. The van der Waals surface area contributed by atoms with Gasteiger partial charge in [0.15, 0.2) is 0 Å². The van der Waals surface area contributed by atoms with Gasteiger partial charge in [-0.25, -0.2) is 0 Å². The summed E-state index contributed by atoms with van der Waals surface area (Å²) in [6, 6.07) is 16.6. The van der Waals surface area contributed by atoms with Gasteiger partial charge in [0.2, 0.25) is 11.8 Å². The highest BCUT2D eigenvalue weighted by Gasteiger charge is 2.79. The Balaban J connectivity index is 1.54. The molecular weight excluding hydrogens is 580 g/mol. The molecule has 1 spiro atoms. The number of carbonyl (C=O) groups is 3. The largest absolute Gasteiger partial charge is 0.395 e. The molecule has 3 aliphatic heterocycles. The third-order valence-corrected chi connectivity index (χ3v) is 10.3. The van der Waals surface area contributed by atoms with E-state index in [0.29, 0.717) is 38.0 Å². The maximum absolute atomic E-state index is 14.8. The fourth-order valence-electron chi connectivity index (χ4n) is 8.14. The quantitative estimate of drug-likeness (QED) is 0.294. The predicted molar refractivity (Wildman–Crippen MR) is 180 cm³/mol. The van der Waals surface area contributed by atoms with E-state index in [0.717, 1.165) is 24.3 Å². The first-order valence-corrected chi connectivity index (χ1v) is 16.6. The van der Waals surface area contributed by atoms with Crippen LogP contribution in [-0.2, 0) is 25.7 Å². The number of aliphatic hydroxyl groups is 1. The Labute approximate surface area is 273 Å². The van der Waals surface area contributed by atoms with Gasteiger partial charge >= 0.3 is 0 Å². The van der Waals surface area contributed by atoms with Gasteiger partial charge in [-0.1, -0.05) is 49.4 Å². The molecule has 0 aromatic heterocycles. The lowest BCUT2D eigenvalue weighted by Gasteiger charge is -2.37. The fourth-order valence-corrected chi connectivity index (χ4v) is 8.14. The summed E-state index contributed by atoms with van der Waals surface area (Å²) in [7, 11) is 0. The van der Waals surface area contributed by atoms with Crippen LogP contribution in [0.3, 0.4) is 0 Å². The lowest BCUT2D eigenvalue weighted by Crippen LogP contribution is -2.57. The molecule has 0 saturated carbocycles. The number of ether oxygens (including phenoxy) is 1. The van der Waals surface area contributed by atoms with Gasteiger partial charge in [-0.2, -0.15) is 0 Å². The Morgan fingerprint density at radius 3 is 2.20 bits per heavy atom. The summed E-state index contributed by atoms with van der Waals surface area (Å²) in [6.07, 6.45) is 4.94. The van der Waals surface area contributed by atoms with E-state index >= 15 is 0 Å². The molecule has 46 heavy (non-hydrogen) atoms. The Morgan fingerprint density at radius 1 is 0.957 bits per heavy atom. The minimum atomic E-state index is -1.19. The van der Waals surface area contributed by atoms with E-state index in [2.05, 4.69) is 31.9 Å². The maximum atomic E-state index is 14.8. The average molecular weight is 629 g/mol. The van der Waals surface area contributed by atoms with E-state index in [1.54, 1.807) is 22.0 Å². The number of β-amino-alcohol motifs (C(OH)–C–C–N with tert-alkyl or cyclic N) is 1. The van der Waals surface area contributed by atoms with Gasteiger partial charge in [-0.15, -0.1) is 13.2 Å². The van der Waals surface area contributed by atoms with Crippen molar-refractivity contribution in [3.63, 3.8) is 0 Å². The second-order valence-electron chi connectivity index (χ2n) is 12.5. The van der Waals surface area contributed by atoms with Gasteiger partial charge in [-0.05, 0) is 62.9 Å². The predicted octanol–water partition coefficient (Wildman–Crippen LogP) is 4.41. The highest BCUT2D eigenvalue weighted by atomic mass is 16.5. The van der Waals surface area contributed by atoms with E-state index in [4.69, 9.17) is 4.74 Å². The number of nitrogens with zero attached hydrogens (tertiary/aromatic N) is 4. The van der Waals surface area contributed by atoms with Crippen molar-refractivity contribution in [3.8, 4) is 0 Å². The van der Waals surface area contributed by atoms with Crippen LogP contribution in [0.15, 0.2) is 79.9 Å². The van der Waals surface area contributed by atoms with E-state index < -0.39 is 29.1 Å². The molecule has 0 radical (unpaired) electrons. The molecule has 9 heteroatoms. The first-order chi connectivity index (χ1) is 22.2. The summed E-state index contributed by atoms with van der Waals surface area (Å²) >= 11 is 0. The number of aliphatic hydroxyl groups excluding tert-OH is 1. The van der Waals surface area contributed by atoms with E-state index in [-0.39, 0.29) is 37.4 Å². The monoisotopic (exact) mass is 628 g/mol. The first kappa shape index (κ1) is 33.4. The van der Waals surface area contributed by atoms with Crippen molar-refractivity contribution in [3.05, 3.63) is 85.5 Å². The smallest absolute Gasteiger partial charge is 0.253 e. The van der Waals surface area contributed by atoms with Crippen LogP contribution < -0.4 is 9.80 Å². The zero-order valence-electron chi connectivity index (χ0n) is 27.4. The molecular formula is C37H48N4O5. The zero-order valence-corrected chi connectivity index (χ0v) is 27.4. The number of amides is 3. The van der Waals surface area contributed by atoms with Crippen molar-refractivity contribution in [1.29, 1.82) is 0 Å². The molecule has 2 aromatic carbocycles. The summed E-state index contributed by atoms with van der Waals surface area (Å²) < 4.78 is 6.96. The number of carbonyl (C=O) groups excluding carboxylic acids is 3. The lowest BCUT2D eigenvalue weighted by atomic mass is 9.64. The molecule has 9 nitrogen and oxygen atoms in total. The minimum Gasteiger partial charge on any atom is -0.395 e. The maximum Gasteiger partial charge on any atom is 0.253 e. The molecule has 2 bridgehead atoms. The van der Waals surface area contributed by atoms with Crippen LogP contribution >= 0.6 is 0 Å². The van der Waals surface area contributed by atoms with Crippen molar-refractivity contribution in [2.45, 2.75) is 63.8 Å².